The van der Waals surface area contributed by atoms with Crippen molar-refractivity contribution in [1.29, 1.82) is 0 Å². The fraction of sp³-hybridized carbons (Fsp3) is 0.364. The molecule has 18 heavy (non-hydrogen) atoms. The van der Waals surface area contributed by atoms with Gasteiger partial charge in [-0.15, -0.1) is 0 Å². The van der Waals surface area contributed by atoms with Crippen LogP contribution in [0.25, 0.3) is 0 Å². The van der Waals surface area contributed by atoms with Gasteiger partial charge in [0.15, 0.2) is 0 Å². The number of carboxylic acids is 1. The molecule has 1 N–H and O–H groups in total. The van der Waals surface area contributed by atoms with Crippen molar-refractivity contribution in [3.8, 4) is 0 Å². The predicted octanol–water partition coefficient (Wildman–Crippen LogP) is 3.39. The molecular formula is C11H9F5O2. The second kappa shape index (κ2) is 4.91. The molecule has 0 heterocycles. The van der Waals surface area contributed by atoms with Crippen molar-refractivity contribution in [1.82, 2.24) is 0 Å². The minimum atomic E-state index is -4.96. The lowest BCUT2D eigenvalue weighted by Gasteiger charge is -2.20. The minimum absolute atomic E-state index is 0.146. The molecule has 0 fully saturated rings. The van der Waals surface area contributed by atoms with Crippen LogP contribution in [0.5, 0.6) is 0 Å². The molecule has 0 bridgehead atoms. The maximum Gasteiger partial charge on any atom is 0.396 e. The summed E-state index contributed by atoms with van der Waals surface area (Å²) < 4.78 is 64.4. The van der Waals surface area contributed by atoms with Crippen molar-refractivity contribution in [3.05, 3.63) is 34.9 Å². The summed E-state index contributed by atoms with van der Waals surface area (Å²) in [5, 5.41) is 8.41. The van der Waals surface area contributed by atoms with Gasteiger partial charge in [0.1, 0.15) is 11.6 Å². The Kier molecular flexibility index (Phi) is 3.93. The first-order valence-corrected chi connectivity index (χ1v) is 4.87. The Balaban J connectivity index is 3.29. The number of hydrogen-bond acceptors (Lipinski definition) is 1. The molecule has 1 atom stereocenters. The normalized spacial score (nSPS) is 13.4. The Labute approximate surface area is 99.0 Å². The van der Waals surface area contributed by atoms with Crippen LogP contribution in [0.2, 0.25) is 0 Å². The van der Waals surface area contributed by atoms with Gasteiger partial charge < -0.3 is 5.11 Å². The summed E-state index contributed by atoms with van der Waals surface area (Å²) in [6.45, 7) is 1.20. The fourth-order valence-electron chi connectivity index (χ4n) is 1.51. The maximum atomic E-state index is 13.4. The van der Waals surface area contributed by atoms with Crippen LogP contribution in [-0.2, 0) is 4.79 Å². The molecule has 1 unspecified atom stereocenters. The first-order valence-electron chi connectivity index (χ1n) is 4.87. The third-order valence-electron chi connectivity index (χ3n) is 2.43. The molecule has 1 aromatic carbocycles. The van der Waals surface area contributed by atoms with Gasteiger partial charge in [0.25, 0.3) is 0 Å². The molecule has 100 valence electrons. The molecule has 0 aliphatic rings. The van der Waals surface area contributed by atoms with Crippen LogP contribution in [0.3, 0.4) is 0 Å². The van der Waals surface area contributed by atoms with Gasteiger partial charge >= 0.3 is 12.1 Å². The zero-order valence-electron chi connectivity index (χ0n) is 9.18. The Morgan fingerprint density at radius 1 is 1.28 bits per heavy atom. The zero-order valence-corrected chi connectivity index (χ0v) is 9.18. The van der Waals surface area contributed by atoms with Crippen LogP contribution in [0.4, 0.5) is 22.0 Å². The van der Waals surface area contributed by atoms with E-state index in [0.717, 1.165) is 0 Å². The second-order valence-electron chi connectivity index (χ2n) is 3.81. The number of benzene rings is 1. The number of carbonyl (C=O) groups is 1. The van der Waals surface area contributed by atoms with Crippen molar-refractivity contribution in [2.45, 2.75) is 25.4 Å². The summed E-state index contributed by atoms with van der Waals surface area (Å²) in [5.74, 6) is -6.58. The highest BCUT2D eigenvalue weighted by Crippen LogP contribution is 2.39. The SMILES string of the molecule is Cc1cc(F)c(C(CC(=O)O)C(F)(F)F)cc1F. The quantitative estimate of drug-likeness (QED) is 0.853. The molecule has 0 aliphatic heterocycles. The molecule has 0 aromatic heterocycles. The summed E-state index contributed by atoms with van der Waals surface area (Å²) in [5.41, 5.74) is -1.14. The van der Waals surface area contributed by atoms with E-state index in [4.69, 9.17) is 5.11 Å². The van der Waals surface area contributed by atoms with Gasteiger partial charge in [-0.1, -0.05) is 0 Å². The number of aryl methyl sites for hydroxylation is 1. The second-order valence-corrected chi connectivity index (χ2v) is 3.81. The molecule has 0 radical (unpaired) electrons. The molecular weight excluding hydrogens is 259 g/mol. The van der Waals surface area contributed by atoms with Crippen molar-refractivity contribution in [3.63, 3.8) is 0 Å². The molecule has 1 aromatic rings. The molecule has 7 heteroatoms. The highest BCUT2D eigenvalue weighted by molar-refractivity contribution is 5.68. The van der Waals surface area contributed by atoms with E-state index in [0.29, 0.717) is 12.1 Å². The van der Waals surface area contributed by atoms with E-state index in [-0.39, 0.29) is 5.56 Å². The number of rotatable bonds is 3. The number of alkyl halides is 3. The average Bonchev–Trinajstić information content (AvgIpc) is 2.18. The van der Waals surface area contributed by atoms with Gasteiger partial charge in [-0.25, -0.2) is 8.78 Å². The van der Waals surface area contributed by atoms with E-state index >= 15 is 0 Å². The van der Waals surface area contributed by atoms with Gasteiger partial charge in [0.2, 0.25) is 0 Å². The first-order chi connectivity index (χ1) is 8.12. The van der Waals surface area contributed by atoms with Crippen LogP contribution in [0.1, 0.15) is 23.5 Å². The monoisotopic (exact) mass is 268 g/mol. The van der Waals surface area contributed by atoms with E-state index in [1.807, 2.05) is 0 Å². The first kappa shape index (κ1) is 14.4. The Morgan fingerprint density at radius 3 is 2.28 bits per heavy atom. The van der Waals surface area contributed by atoms with Crippen LogP contribution < -0.4 is 0 Å². The van der Waals surface area contributed by atoms with Gasteiger partial charge in [-0.2, -0.15) is 13.2 Å². The Morgan fingerprint density at radius 2 is 1.83 bits per heavy atom. The van der Waals surface area contributed by atoms with Gasteiger partial charge in [-0.3, -0.25) is 4.79 Å². The lowest BCUT2D eigenvalue weighted by Crippen LogP contribution is -2.24. The molecule has 0 spiro atoms. The molecule has 2 nitrogen and oxygen atoms in total. The van der Waals surface area contributed by atoms with Gasteiger partial charge in [0, 0.05) is 5.56 Å². The molecule has 0 saturated carbocycles. The summed E-state index contributed by atoms with van der Waals surface area (Å²) in [6, 6.07) is 1.01. The topological polar surface area (TPSA) is 37.3 Å². The van der Waals surface area contributed by atoms with E-state index in [1.165, 1.54) is 6.92 Å². The maximum absolute atomic E-state index is 13.4. The smallest absolute Gasteiger partial charge is 0.396 e. The van der Waals surface area contributed by atoms with Crippen LogP contribution in [-0.4, -0.2) is 17.3 Å². The third kappa shape index (κ3) is 3.18. The standard InChI is InChI=1S/C11H9F5O2/c1-5-2-9(13)6(3-8(5)12)7(4-10(17)18)11(14,15)16/h2-3,7H,4H2,1H3,(H,17,18). The van der Waals surface area contributed by atoms with Crippen LogP contribution in [0, 0.1) is 18.6 Å². The molecule has 1 rings (SSSR count). The van der Waals surface area contributed by atoms with Gasteiger partial charge in [0.05, 0.1) is 12.3 Å². The third-order valence-corrected chi connectivity index (χ3v) is 2.43. The Hall–Kier alpha value is -1.66. The van der Waals surface area contributed by atoms with Crippen molar-refractivity contribution in [2.24, 2.45) is 0 Å². The van der Waals surface area contributed by atoms with Crippen LogP contribution >= 0.6 is 0 Å². The fourth-order valence-corrected chi connectivity index (χ4v) is 1.51. The molecule has 0 aliphatic carbocycles. The zero-order chi connectivity index (χ0) is 14.1. The summed E-state index contributed by atoms with van der Waals surface area (Å²) in [4.78, 5) is 10.4. The van der Waals surface area contributed by atoms with E-state index < -0.39 is 41.7 Å². The van der Waals surface area contributed by atoms with E-state index in [1.54, 1.807) is 0 Å². The van der Waals surface area contributed by atoms with Gasteiger partial charge in [-0.05, 0) is 24.6 Å². The number of aliphatic carboxylic acids is 1. The lowest BCUT2D eigenvalue weighted by molar-refractivity contribution is -0.163. The minimum Gasteiger partial charge on any atom is -0.481 e. The van der Waals surface area contributed by atoms with Crippen molar-refractivity contribution >= 4 is 5.97 Å². The molecule has 0 saturated heterocycles. The van der Waals surface area contributed by atoms with Crippen LogP contribution in [0.15, 0.2) is 12.1 Å². The lowest BCUT2D eigenvalue weighted by atomic mass is 9.93. The highest BCUT2D eigenvalue weighted by Gasteiger charge is 2.43. The average molecular weight is 268 g/mol. The Bertz CT molecular complexity index is 467. The summed E-state index contributed by atoms with van der Waals surface area (Å²) in [7, 11) is 0. The summed E-state index contributed by atoms with van der Waals surface area (Å²) in [6.07, 6.45) is -6.30. The highest BCUT2D eigenvalue weighted by atomic mass is 19.4. The van der Waals surface area contributed by atoms with Crippen molar-refractivity contribution in [2.75, 3.05) is 0 Å². The number of halogens is 5. The van der Waals surface area contributed by atoms with E-state index in [2.05, 4.69) is 0 Å². The largest absolute Gasteiger partial charge is 0.481 e. The molecule has 0 amide bonds. The van der Waals surface area contributed by atoms with Crippen molar-refractivity contribution < 1.29 is 31.9 Å². The number of hydrogen-bond donors (Lipinski definition) is 1. The predicted molar refractivity (Wildman–Crippen MR) is 52.1 cm³/mol. The number of carboxylic acid groups (broad SMARTS) is 1. The van der Waals surface area contributed by atoms with E-state index in [9.17, 15) is 26.7 Å². The summed E-state index contributed by atoms with van der Waals surface area (Å²) >= 11 is 0.